The van der Waals surface area contributed by atoms with Crippen molar-refractivity contribution >= 4 is 52.8 Å². The molecule has 0 saturated heterocycles. The number of carboxylic acid groups (broad SMARTS) is 1. The maximum Gasteiger partial charge on any atom is 0.422 e. The number of fused-ring (bicyclic) bond motifs is 2. The lowest BCUT2D eigenvalue weighted by Gasteiger charge is -2.67. The second kappa shape index (κ2) is 15.9. The van der Waals surface area contributed by atoms with Crippen LogP contribution in [0.25, 0.3) is 0 Å². The number of carboxylic acids is 1. The van der Waals surface area contributed by atoms with Crippen LogP contribution in [0.1, 0.15) is 88.1 Å². The number of hydrogen-bond acceptors (Lipinski definition) is 10. The lowest BCUT2D eigenvalue weighted by atomic mass is 9.38. The minimum Gasteiger partial charge on any atom is -0.480 e. The molecule has 5 N–H and O–H groups in total. The Labute approximate surface area is 326 Å². The largest absolute Gasteiger partial charge is 0.480 e. The smallest absolute Gasteiger partial charge is 0.422 e. The van der Waals surface area contributed by atoms with Crippen LogP contribution in [0.5, 0.6) is 6.01 Å². The van der Waals surface area contributed by atoms with E-state index in [4.69, 9.17) is 16.3 Å². The van der Waals surface area contributed by atoms with E-state index in [1.54, 1.807) is 12.1 Å². The van der Waals surface area contributed by atoms with Crippen LogP contribution in [0.3, 0.4) is 0 Å². The molecular weight excluding hydrogens is 755 g/mol. The standard InChI is InChI=1S/C39H45ClF3N7O6/c1-36(2)27-20-37(36,3)16-14-22(27)6-13-29(51)31(53)44-19-15-28(32(54)55)46-30(52)23-4-11-26(12-5-23)45-33-47-34(49-35(48-33)56-21-39(41,42)43)50-38(17-18-38)24-7-9-25(40)10-8-24/h4-5,7-12,22,27-28H,6,13-21H2,1-3H3,(H,44,53)(H,46,52)(H,54,55)(H2,45,47,48,49,50)/t22?,27-,28-,37+/m0/s1. The Kier molecular flexibility index (Phi) is 11.5. The lowest BCUT2D eigenvalue weighted by Crippen LogP contribution is -2.59. The Bertz CT molecular complexity index is 1960. The number of nitrogens with one attached hydrogen (secondary N) is 4. The van der Waals surface area contributed by atoms with Gasteiger partial charge in [0.25, 0.3) is 11.8 Å². The number of hydrogen-bond donors (Lipinski definition) is 5. The molecule has 7 rings (SSSR count). The predicted molar refractivity (Wildman–Crippen MR) is 201 cm³/mol. The molecule has 2 aromatic carbocycles. The van der Waals surface area contributed by atoms with Crippen molar-refractivity contribution in [2.45, 2.75) is 89.9 Å². The molecule has 0 spiro atoms. The third-order valence-electron chi connectivity index (χ3n) is 12.0. The fourth-order valence-corrected chi connectivity index (χ4v) is 8.14. The van der Waals surface area contributed by atoms with Crippen LogP contribution in [0.15, 0.2) is 48.5 Å². The fourth-order valence-electron chi connectivity index (χ4n) is 8.02. The Morgan fingerprint density at radius 2 is 1.64 bits per heavy atom. The maximum atomic E-state index is 13.0. The van der Waals surface area contributed by atoms with E-state index >= 15 is 0 Å². The molecule has 17 heteroatoms. The van der Waals surface area contributed by atoms with Gasteiger partial charge in [0.15, 0.2) is 6.61 Å². The first-order valence-electron chi connectivity index (χ1n) is 18.6. The predicted octanol–water partition coefficient (Wildman–Crippen LogP) is 6.81. The molecule has 1 heterocycles. The van der Waals surface area contributed by atoms with E-state index in [0.717, 1.165) is 24.8 Å². The van der Waals surface area contributed by atoms with Crippen molar-refractivity contribution in [2.75, 3.05) is 23.8 Å². The SMILES string of the molecule is CC1(C)[C@H]2C[C@@]1(C)CCC2CCC(=O)C(=O)NCC[C@H](NC(=O)c1ccc(Nc2nc(NC3(c4ccc(Cl)cc4)CC3)nc(OCC(F)(F)F)n2)cc1)C(=O)O. The first-order chi connectivity index (χ1) is 26.4. The first-order valence-corrected chi connectivity index (χ1v) is 19.0. The molecule has 1 aromatic heterocycles. The molecule has 0 radical (unpaired) electrons. The highest BCUT2D eigenvalue weighted by Crippen LogP contribution is 2.69. The van der Waals surface area contributed by atoms with Gasteiger partial charge in [-0.3, -0.25) is 14.4 Å². The van der Waals surface area contributed by atoms with Gasteiger partial charge in [0, 0.05) is 29.2 Å². The Morgan fingerprint density at radius 3 is 2.25 bits per heavy atom. The van der Waals surface area contributed by atoms with Crippen LogP contribution < -0.4 is 26.0 Å². The van der Waals surface area contributed by atoms with Crippen LogP contribution in [-0.4, -0.2) is 69.0 Å². The van der Waals surface area contributed by atoms with Crippen molar-refractivity contribution in [1.29, 1.82) is 0 Å². The van der Waals surface area contributed by atoms with E-state index in [9.17, 15) is 37.5 Å². The third kappa shape index (κ3) is 9.33. The number of Topliss-reactive ketones (excluding diaryl/α,β-unsaturated/α-hetero) is 1. The number of amides is 2. The molecule has 4 aliphatic carbocycles. The highest BCUT2D eigenvalue weighted by atomic mass is 35.5. The first kappa shape index (κ1) is 40.7. The monoisotopic (exact) mass is 799 g/mol. The summed E-state index contributed by atoms with van der Waals surface area (Å²) in [6.07, 6.45) is 0.716. The molecule has 300 valence electrons. The summed E-state index contributed by atoms with van der Waals surface area (Å²) in [5, 5.41) is 21.3. The van der Waals surface area contributed by atoms with Gasteiger partial charge in [-0.25, -0.2) is 4.79 Å². The molecule has 4 fully saturated rings. The summed E-state index contributed by atoms with van der Waals surface area (Å²) in [5.74, 6) is -2.57. The minimum absolute atomic E-state index is 0.0299. The Hall–Kier alpha value is -4.99. The Balaban J connectivity index is 1.01. The van der Waals surface area contributed by atoms with E-state index in [2.05, 4.69) is 57.0 Å². The van der Waals surface area contributed by atoms with Gasteiger partial charge in [-0.1, -0.05) is 44.5 Å². The number of aliphatic carboxylic acids is 1. The lowest BCUT2D eigenvalue weighted by molar-refractivity contribution is -0.180. The van der Waals surface area contributed by atoms with Crippen molar-refractivity contribution < 1.29 is 42.2 Å². The van der Waals surface area contributed by atoms with E-state index < -0.39 is 53.9 Å². The number of nitrogens with zero attached hydrogens (tertiary/aromatic N) is 3. The minimum atomic E-state index is -4.64. The second-order valence-corrected chi connectivity index (χ2v) is 16.3. The van der Waals surface area contributed by atoms with Crippen molar-refractivity contribution in [2.24, 2.45) is 22.7 Å². The van der Waals surface area contributed by atoms with Crippen LogP contribution in [0.2, 0.25) is 5.02 Å². The summed E-state index contributed by atoms with van der Waals surface area (Å²) in [4.78, 5) is 62.4. The van der Waals surface area contributed by atoms with Gasteiger partial charge < -0.3 is 31.1 Å². The van der Waals surface area contributed by atoms with Crippen molar-refractivity contribution in [3.63, 3.8) is 0 Å². The number of halogens is 4. The van der Waals surface area contributed by atoms with Crippen LogP contribution in [0.4, 0.5) is 30.8 Å². The highest BCUT2D eigenvalue weighted by molar-refractivity contribution is 6.36. The van der Waals surface area contributed by atoms with Crippen LogP contribution in [0, 0.1) is 22.7 Å². The zero-order valence-electron chi connectivity index (χ0n) is 31.3. The third-order valence-corrected chi connectivity index (χ3v) is 12.2. The molecule has 4 saturated carbocycles. The molecule has 2 bridgehead atoms. The normalized spacial score (nSPS) is 22.1. The van der Waals surface area contributed by atoms with Gasteiger partial charge in [-0.15, -0.1) is 0 Å². The van der Waals surface area contributed by atoms with Gasteiger partial charge in [-0.2, -0.15) is 28.1 Å². The van der Waals surface area contributed by atoms with Crippen LogP contribution in [-0.2, 0) is 19.9 Å². The number of carbonyl (C=O) groups is 4. The number of anilines is 3. The average molecular weight is 800 g/mol. The molecule has 13 nitrogen and oxygen atoms in total. The number of rotatable bonds is 17. The van der Waals surface area contributed by atoms with E-state index in [-0.39, 0.29) is 42.3 Å². The molecule has 3 aromatic rings. The number of ketones is 1. The zero-order chi connectivity index (χ0) is 40.5. The van der Waals surface area contributed by atoms with Gasteiger partial charge in [-0.05, 0) is 110 Å². The zero-order valence-corrected chi connectivity index (χ0v) is 32.0. The molecular formula is C39H45ClF3N7O6. The van der Waals surface area contributed by atoms with E-state index in [0.29, 0.717) is 47.2 Å². The number of alkyl halides is 3. The van der Waals surface area contributed by atoms with Crippen molar-refractivity contribution in [3.8, 4) is 6.01 Å². The van der Waals surface area contributed by atoms with Crippen molar-refractivity contribution in [1.82, 2.24) is 25.6 Å². The van der Waals surface area contributed by atoms with Gasteiger partial charge >= 0.3 is 18.2 Å². The Morgan fingerprint density at radius 1 is 0.964 bits per heavy atom. The number of ether oxygens (including phenoxy) is 1. The summed E-state index contributed by atoms with van der Waals surface area (Å²) < 4.78 is 43.7. The van der Waals surface area contributed by atoms with Crippen molar-refractivity contribution in [3.05, 3.63) is 64.7 Å². The topological polar surface area (TPSA) is 185 Å². The molecule has 2 amide bonds. The summed E-state index contributed by atoms with van der Waals surface area (Å²) >= 11 is 6.03. The number of carbonyl (C=O) groups excluding carboxylic acids is 3. The number of aromatic nitrogens is 3. The molecule has 56 heavy (non-hydrogen) atoms. The van der Waals surface area contributed by atoms with Gasteiger partial charge in [0.2, 0.25) is 17.7 Å². The maximum absolute atomic E-state index is 13.0. The quantitative estimate of drug-likeness (QED) is 0.0904. The second-order valence-electron chi connectivity index (χ2n) is 15.8. The summed E-state index contributed by atoms with van der Waals surface area (Å²) in [6.45, 7) is 5.13. The molecule has 0 aliphatic heterocycles. The fraction of sp³-hybridized carbons (Fsp3) is 0.513. The number of benzene rings is 2. The van der Waals surface area contributed by atoms with Gasteiger partial charge in [0.1, 0.15) is 6.04 Å². The summed E-state index contributed by atoms with van der Waals surface area (Å²) in [5.41, 5.74) is 1.35. The molecule has 4 atom stereocenters. The molecule has 1 unspecified atom stereocenters. The van der Waals surface area contributed by atoms with E-state index in [1.807, 2.05) is 12.1 Å². The van der Waals surface area contributed by atoms with E-state index in [1.165, 1.54) is 24.3 Å². The molecule has 4 aliphatic rings. The highest BCUT2D eigenvalue weighted by Gasteiger charge is 2.61. The van der Waals surface area contributed by atoms with Crippen LogP contribution >= 0.6 is 11.6 Å². The average Bonchev–Trinajstić information content (AvgIpc) is 3.93. The summed E-state index contributed by atoms with van der Waals surface area (Å²) in [6, 6.07) is 10.9. The van der Waals surface area contributed by atoms with Gasteiger partial charge in [0.05, 0.1) is 5.54 Å². The summed E-state index contributed by atoms with van der Waals surface area (Å²) in [7, 11) is 0.